The van der Waals surface area contributed by atoms with Crippen molar-refractivity contribution >= 4 is 21.4 Å². The Kier molecular flexibility index (Phi) is 4.64. The lowest BCUT2D eigenvalue weighted by Crippen LogP contribution is -2.15. The molecule has 128 valence electrons. The van der Waals surface area contributed by atoms with Crippen molar-refractivity contribution in [3.63, 3.8) is 0 Å². The second kappa shape index (κ2) is 6.35. The highest BCUT2D eigenvalue weighted by Gasteiger charge is 2.26. The Labute approximate surface area is 133 Å². The molecule has 0 fully saturated rings. The standard InChI is InChI=1S/C13H9F3N2O5S/c1-23-13-8(14)3-2-4-10(13)17-24(21,22)7-5-9(15)12(16)11(6-7)18(19)20/h2-6,17H,1H3. The summed E-state index contributed by atoms with van der Waals surface area (Å²) in [5.41, 5.74) is -1.66. The van der Waals surface area contributed by atoms with Gasteiger partial charge >= 0.3 is 5.69 Å². The highest BCUT2D eigenvalue weighted by atomic mass is 32.2. The molecular weight excluding hydrogens is 353 g/mol. The third-order valence-corrected chi connectivity index (χ3v) is 4.25. The number of nitro benzene ring substituents is 1. The van der Waals surface area contributed by atoms with E-state index in [9.17, 15) is 31.7 Å². The third kappa shape index (κ3) is 3.25. The van der Waals surface area contributed by atoms with Crippen LogP contribution in [0.3, 0.4) is 0 Å². The van der Waals surface area contributed by atoms with Gasteiger partial charge in [-0.15, -0.1) is 0 Å². The van der Waals surface area contributed by atoms with Crippen molar-refractivity contribution in [2.24, 2.45) is 0 Å². The summed E-state index contributed by atoms with van der Waals surface area (Å²) < 4.78 is 71.4. The smallest absolute Gasteiger partial charge is 0.309 e. The monoisotopic (exact) mass is 362 g/mol. The van der Waals surface area contributed by atoms with Gasteiger partial charge in [0.2, 0.25) is 5.82 Å². The van der Waals surface area contributed by atoms with Crippen molar-refractivity contribution in [1.82, 2.24) is 0 Å². The zero-order valence-corrected chi connectivity index (χ0v) is 12.7. The van der Waals surface area contributed by atoms with Crippen LogP contribution in [-0.4, -0.2) is 20.5 Å². The van der Waals surface area contributed by atoms with Gasteiger partial charge in [0, 0.05) is 6.07 Å². The number of methoxy groups -OCH3 is 1. The first kappa shape index (κ1) is 17.5. The first-order valence-electron chi connectivity index (χ1n) is 6.16. The molecule has 0 heterocycles. The Morgan fingerprint density at radius 1 is 1.17 bits per heavy atom. The number of sulfonamides is 1. The summed E-state index contributed by atoms with van der Waals surface area (Å²) in [6, 6.07) is 3.99. The maximum Gasteiger partial charge on any atom is 0.309 e. The number of hydrogen-bond donors (Lipinski definition) is 1. The van der Waals surface area contributed by atoms with Crippen LogP contribution in [0.2, 0.25) is 0 Å². The first-order valence-corrected chi connectivity index (χ1v) is 7.64. The normalized spacial score (nSPS) is 11.2. The van der Waals surface area contributed by atoms with Crippen molar-refractivity contribution in [3.8, 4) is 5.75 Å². The van der Waals surface area contributed by atoms with Gasteiger partial charge in [-0.2, -0.15) is 4.39 Å². The molecule has 0 amide bonds. The van der Waals surface area contributed by atoms with Crippen molar-refractivity contribution in [1.29, 1.82) is 0 Å². The van der Waals surface area contributed by atoms with Gasteiger partial charge < -0.3 is 4.74 Å². The molecule has 0 unspecified atom stereocenters. The van der Waals surface area contributed by atoms with Gasteiger partial charge in [-0.1, -0.05) is 6.07 Å². The fourth-order valence-corrected chi connectivity index (χ4v) is 2.93. The minimum atomic E-state index is -4.57. The molecule has 0 atom stereocenters. The SMILES string of the molecule is COc1c(F)cccc1NS(=O)(=O)c1cc(F)c(F)c([N+](=O)[O-])c1. The molecular formula is C13H9F3N2O5S. The molecule has 0 saturated carbocycles. The van der Waals surface area contributed by atoms with Crippen LogP contribution >= 0.6 is 0 Å². The molecule has 0 aliphatic carbocycles. The molecule has 0 saturated heterocycles. The van der Waals surface area contributed by atoms with E-state index in [1.807, 2.05) is 4.72 Å². The molecule has 2 aromatic carbocycles. The summed E-state index contributed by atoms with van der Waals surface area (Å²) in [5.74, 6) is -4.80. The molecule has 0 spiro atoms. The number of nitrogens with one attached hydrogen (secondary N) is 1. The minimum Gasteiger partial charge on any atom is -0.492 e. The number of rotatable bonds is 5. The quantitative estimate of drug-likeness (QED) is 0.651. The fraction of sp³-hybridized carbons (Fsp3) is 0.0769. The van der Waals surface area contributed by atoms with Crippen LogP contribution in [0.4, 0.5) is 24.5 Å². The Morgan fingerprint density at radius 2 is 1.83 bits per heavy atom. The van der Waals surface area contributed by atoms with Crippen LogP contribution in [0, 0.1) is 27.6 Å². The zero-order valence-electron chi connectivity index (χ0n) is 11.9. The molecule has 1 N–H and O–H groups in total. The summed E-state index contributed by atoms with van der Waals surface area (Å²) in [6.45, 7) is 0. The number of hydrogen-bond acceptors (Lipinski definition) is 5. The van der Waals surface area contributed by atoms with E-state index in [1.165, 1.54) is 6.07 Å². The van der Waals surface area contributed by atoms with Gasteiger partial charge in [-0.25, -0.2) is 17.2 Å². The van der Waals surface area contributed by atoms with Gasteiger partial charge in [0.15, 0.2) is 17.4 Å². The number of para-hydroxylation sites is 1. The second-order valence-corrected chi connectivity index (χ2v) is 6.10. The molecule has 0 aromatic heterocycles. The van der Waals surface area contributed by atoms with E-state index in [2.05, 4.69) is 0 Å². The average molecular weight is 362 g/mol. The number of benzene rings is 2. The molecule has 2 rings (SSSR count). The van der Waals surface area contributed by atoms with Crippen molar-refractivity contribution in [3.05, 3.63) is 57.9 Å². The van der Waals surface area contributed by atoms with Crippen molar-refractivity contribution < 1.29 is 31.2 Å². The number of nitro groups is 1. The lowest BCUT2D eigenvalue weighted by molar-refractivity contribution is -0.388. The predicted molar refractivity (Wildman–Crippen MR) is 76.8 cm³/mol. The first-order chi connectivity index (χ1) is 11.2. The van der Waals surface area contributed by atoms with Gasteiger partial charge in [0.05, 0.1) is 22.6 Å². The van der Waals surface area contributed by atoms with Crippen LogP contribution in [-0.2, 0) is 10.0 Å². The summed E-state index contributed by atoms with van der Waals surface area (Å²) >= 11 is 0. The van der Waals surface area contributed by atoms with E-state index in [0.29, 0.717) is 6.07 Å². The lowest BCUT2D eigenvalue weighted by Gasteiger charge is -2.12. The molecule has 0 bridgehead atoms. The average Bonchev–Trinajstić information content (AvgIpc) is 2.49. The Hall–Kier alpha value is -2.82. The van der Waals surface area contributed by atoms with E-state index < -0.39 is 48.7 Å². The molecule has 2 aromatic rings. The zero-order chi connectivity index (χ0) is 18.1. The van der Waals surface area contributed by atoms with Crippen LogP contribution in [0.1, 0.15) is 0 Å². The Balaban J connectivity index is 2.53. The number of halogens is 3. The van der Waals surface area contributed by atoms with E-state index >= 15 is 0 Å². The topological polar surface area (TPSA) is 98.5 Å². The highest BCUT2D eigenvalue weighted by Crippen LogP contribution is 2.31. The number of nitrogens with zero attached hydrogens (tertiary/aromatic N) is 1. The fourth-order valence-electron chi connectivity index (χ4n) is 1.84. The molecule has 0 aliphatic rings. The highest BCUT2D eigenvalue weighted by molar-refractivity contribution is 7.92. The van der Waals surface area contributed by atoms with E-state index in [1.54, 1.807) is 0 Å². The molecule has 24 heavy (non-hydrogen) atoms. The summed E-state index contributed by atoms with van der Waals surface area (Å²) in [7, 11) is -3.47. The second-order valence-electron chi connectivity index (χ2n) is 4.42. The third-order valence-electron chi connectivity index (χ3n) is 2.90. The molecule has 0 aliphatic heterocycles. The molecule has 7 nitrogen and oxygen atoms in total. The van der Waals surface area contributed by atoms with E-state index in [-0.39, 0.29) is 11.8 Å². The summed E-state index contributed by atoms with van der Waals surface area (Å²) in [4.78, 5) is 8.50. The van der Waals surface area contributed by atoms with E-state index in [4.69, 9.17) is 4.74 Å². The summed E-state index contributed by atoms with van der Waals surface area (Å²) in [5, 5.41) is 10.7. The predicted octanol–water partition coefficient (Wildman–Crippen LogP) is 2.82. The molecule has 11 heteroatoms. The van der Waals surface area contributed by atoms with Crippen LogP contribution in [0.15, 0.2) is 35.2 Å². The van der Waals surface area contributed by atoms with Crippen LogP contribution in [0.5, 0.6) is 5.75 Å². The van der Waals surface area contributed by atoms with Gasteiger partial charge in [-0.05, 0) is 18.2 Å². The summed E-state index contributed by atoms with van der Waals surface area (Å²) in [6.07, 6.45) is 0. The Bertz CT molecular complexity index is 918. The molecule has 0 radical (unpaired) electrons. The van der Waals surface area contributed by atoms with Crippen LogP contribution < -0.4 is 9.46 Å². The minimum absolute atomic E-state index is 0.274. The van der Waals surface area contributed by atoms with Gasteiger partial charge in [0.1, 0.15) is 0 Å². The maximum absolute atomic E-state index is 13.6. The van der Waals surface area contributed by atoms with Crippen molar-refractivity contribution in [2.45, 2.75) is 4.90 Å². The van der Waals surface area contributed by atoms with Gasteiger partial charge in [0.25, 0.3) is 10.0 Å². The lowest BCUT2D eigenvalue weighted by atomic mass is 10.3. The van der Waals surface area contributed by atoms with Crippen molar-refractivity contribution in [2.75, 3.05) is 11.8 Å². The Morgan fingerprint density at radius 3 is 2.42 bits per heavy atom. The maximum atomic E-state index is 13.6. The van der Waals surface area contributed by atoms with Gasteiger partial charge in [-0.3, -0.25) is 14.8 Å². The number of ether oxygens (including phenoxy) is 1. The largest absolute Gasteiger partial charge is 0.492 e. The van der Waals surface area contributed by atoms with Crippen LogP contribution in [0.25, 0.3) is 0 Å². The van der Waals surface area contributed by atoms with E-state index in [0.717, 1.165) is 19.2 Å². The number of anilines is 1.